The summed E-state index contributed by atoms with van der Waals surface area (Å²) in [5.41, 5.74) is 0.931. The number of fused-ring (bicyclic) bond motifs is 1. The molecule has 2 amide bonds. The van der Waals surface area contributed by atoms with Gasteiger partial charge in [0, 0.05) is 30.9 Å². The number of hydrogen-bond donors (Lipinski definition) is 1. The number of amides is 2. The minimum atomic E-state index is -0.0312. The van der Waals surface area contributed by atoms with Crippen molar-refractivity contribution in [2.45, 2.75) is 0 Å². The van der Waals surface area contributed by atoms with Crippen LogP contribution in [0.2, 0.25) is 0 Å². The van der Waals surface area contributed by atoms with E-state index in [-0.39, 0.29) is 6.03 Å². The van der Waals surface area contributed by atoms with Gasteiger partial charge in [0.25, 0.3) is 0 Å². The first kappa shape index (κ1) is 9.15. The van der Waals surface area contributed by atoms with Gasteiger partial charge in [-0.3, -0.25) is 9.88 Å². The second kappa shape index (κ2) is 3.48. The van der Waals surface area contributed by atoms with Gasteiger partial charge < -0.3 is 5.32 Å². The lowest BCUT2D eigenvalue weighted by molar-refractivity contribution is 0.252. The maximum Gasteiger partial charge on any atom is 0.322 e. The van der Waals surface area contributed by atoms with Crippen LogP contribution in [0.1, 0.15) is 0 Å². The highest BCUT2D eigenvalue weighted by atomic mass is 16.2. The van der Waals surface area contributed by atoms with Gasteiger partial charge in [0.05, 0.1) is 5.69 Å². The van der Waals surface area contributed by atoms with Gasteiger partial charge in [0.15, 0.2) is 0 Å². The summed E-state index contributed by atoms with van der Waals surface area (Å²) in [6.07, 6.45) is 3.56. The summed E-state index contributed by atoms with van der Waals surface area (Å²) in [7, 11) is 0. The molecule has 0 radical (unpaired) electrons. The Morgan fingerprint density at radius 2 is 2.25 bits per heavy atom. The summed E-state index contributed by atoms with van der Waals surface area (Å²) >= 11 is 0. The van der Waals surface area contributed by atoms with Crippen LogP contribution in [0.5, 0.6) is 0 Å². The third-order valence-electron chi connectivity index (χ3n) is 2.81. The fourth-order valence-corrected chi connectivity index (χ4v) is 2.03. The van der Waals surface area contributed by atoms with Gasteiger partial charge in [-0.1, -0.05) is 12.1 Å². The molecule has 1 aromatic carbocycles. The molecule has 0 unspecified atom stereocenters. The van der Waals surface area contributed by atoms with E-state index in [1.807, 2.05) is 24.3 Å². The number of carbonyl (C=O) groups excluding carboxylic acids is 1. The molecular formula is C12H11N3O. The first-order chi connectivity index (χ1) is 7.86. The molecule has 80 valence electrons. The van der Waals surface area contributed by atoms with Crippen LogP contribution in [-0.4, -0.2) is 24.1 Å². The monoisotopic (exact) mass is 213 g/mol. The van der Waals surface area contributed by atoms with Gasteiger partial charge in [-0.2, -0.15) is 0 Å². The van der Waals surface area contributed by atoms with Crippen molar-refractivity contribution in [1.29, 1.82) is 0 Å². The van der Waals surface area contributed by atoms with Crippen molar-refractivity contribution in [3.05, 3.63) is 36.7 Å². The Hall–Kier alpha value is -2.10. The highest BCUT2D eigenvalue weighted by Crippen LogP contribution is 2.26. The minimum Gasteiger partial charge on any atom is -0.336 e. The Labute approximate surface area is 92.9 Å². The molecule has 2 heterocycles. The Balaban J connectivity index is 2.19. The van der Waals surface area contributed by atoms with Crippen molar-refractivity contribution >= 4 is 22.5 Å². The van der Waals surface area contributed by atoms with Gasteiger partial charge >= 0.3 is 6.03 Å². The number of anilines is 1. The molecule has 0 aliphatic carbocycles. The van der Waals surface area contributed by atoms with Crippen molar-refractivity contribution in [3.63, 3.8) is 0 Å². The summed E-state index contributed by atoms with van der Waals surface area (Å²) in [5, 5.41) is 4.92. The number of aromatic nitrogens is 1. The largest absolute Gasteiger partial charge is 0.336 e. The van der Waals surface area contributed by atoms with E-state index < -0.39 is 0 Å². The number of nitrogens with one attached hydrogen (secondary N) is 1. The predicted molar refractivity (Wildman–Crippen MR) is 62.5 cm³/mol. The van der Waals surface area contributed by atoms with Crippen LogP contribution < -0.4 is 10.2 Å². The van der Waals surface area contributed by atoms with E-state index in [0.717, 1.165) is 16.5 Å². The predicted octanol–water partition coefficient (Wildman–Crippen LogP) is 1.76. The summed E-state index contributed by atoms with van der Waals surface area (Å²) in [6, 6.07) is 7.86. The average molecular weight is 213 g/mol. The van der Waals surface area contributed by atoms with Gasteiger partial charge in [-0.05, 0) is 17.5 Å². The SMILES string of the molecule is O=C1NCCN1c1cccc2ccncc12. The Bertz CT molecular complexity index is 547. The van der Waals surface area contributed by atoms with Crippen molar-refractivity contribution in [3.8, 4) is 0 Å². The average Bonchev–Trinajstić information content (AvgIpc) is 2.75. The summed E-state index contributed by atoms with van der Waals surface area (Å²) in [5.74, 6) is 0. The quantitative estimate of drug-likeness (QED) is 0.784. The molecule has 4 nitrogen and oxygen atoms in total. The smallest absolute Gasteiger partial charge is 0.322 e. The van der Waals surface area contributed by atoms with Crippen LogP contribution in [0, 0.1) is 0 Å². The van der Waals surface area contributed by atoms with Crippen molar-refractivity contribution in [2.75, 3.05) is 18.0 Å². The van der Waals surface area contributed by atoms with Crippen LogP contribution in [-0.2, 0) is 0 Å². The maximum atomic E-state index is 11.6. The Kier molecular flexibility index (Phi) is 1.99. The van der Waals surface area contributed by atoms with Gasteiger partial charge in [0.1, 0.15) is 0 Å². The second-order valence-electron chi connectivity index (χ2n) is 3.76. The van der Waals surface area contributed by atoms with E-state index >= 15 is 0 Å². The molecule has 1 fully saturated rings. The second-order valence-corrected chi connectivity index (χ2v) is 3.76. The molecule has 0 bridgehead atoms. The van der Waals surface area contributed by atoms with Gasteiger partial charge in [-0.25, -0.2) is 4.79 Å². The first-order valence-electron chi connectivity index (χ1n) is 5.24. The van der Waals surface area contributed by atoms with E-state index in [1.165, 1.54) is 0 Å². The van der Waals surface area contributed by atoms with Crippen LogP contribution >= 0.6 is 0 Å². The third-order valence-corrected chi connectivity index (χ3v) is 2.81. The number of carbonyl (C=O) groups is 1. The molecule has 1 aliphatic heterocycles. The molecule has 4 heteroatoms. The highest BCUT2D eigenvalue weighted by Gasteiger charge is 2.22. The highest BCUT2D eigenvalue weighted by molar-refractivity contribution is 6.03. The molecule has 0 spiro atoms. The fraction of sp³-hybridized carbons (Fsp3) is 0.167. The number of pyridine rings is 1. The van der Waals surface area contributed by atoms with Crippen LogP contribution in [0.3, 0.4) is 0 Å². The maximum absolute atomic E-state index is 11.6. The minimum absolute atomic E-state index is 0.0312. The molecule has 1 aromatic heterocycles. The van der Waals surface area contributed by atoms with Gasteiger partial charge in [0.2, 0.25) is 0 Å². The third kappa shape index (κ3) is 1.31. The summed E-state index contributed by atoms with van der Waals surface area (Å²) in [4.78, 5) is 17.5. The summed E-state index contributed by atoms with van der Waals surface area (Å²) in [6.45, 7) is 1.42. The molecule has 2 aromatic rings. The van der Waals surface area contributed by atoms with E-state index in [2.05, 4.69) is 10.3 Å². The topological polar surface area (TPSA) is 45.2 Å². The zero-order valence-corrected chi connectivity index (χ0v) is 8.68. The molecule has 1 aliphatic rings. The van der Waals surface area contributed by atoms with E-state index in [0.29, 0.717) is 13.1 Å². The van der Waals surface area contributed by atoms with Crippen molar-refractivity contribution in [1.82, 2.24) is 10.3 Å². The lowest BCUT2D eigenvalue weighted by Gasteiger charge is -2.16. The number of nitrogens with zero attached hydrogens (tertiary/aromatic N) is 2. The molecule has 0 atom stereocenters. The van der Waals surface area contributed by atoms with Gasteiger partial charge in [-0.15, -0.1) is 0 Å². The number of urea groups is 1. The van der Waals surface area contributed by atoms with Crippen molar-refractivity contribution < 1.29 is 4.79 Å². The lowest BCUT2D eigenvalue weighted by atomic mass is 10.1. The Morgan fingerprint density at radius 1 is 1.31 bits per heavy atom. The molecular weight excluding hydrogens is 202 g/mol. The first-order valence-corrected chi connectivity index (χ1v) is 5.24. The molecule has 3 rings (SSSR count). The molecule has 16 heavy (non-hydrogen) atoms. The molecule has 0 saturated carbocycles. The number of hydrogen-bond acceptors (Lipinski definition) is 2. The van der Waals surface area contributed by atoms with E-state index in [4.69, 9.17) is 0 Å². The standard InChI is InChI=1S/C12H11N3O/c16-12-14-6-7-15(12)11-3-1-2-9-4-5-13-8-10(9)11/h1-5,8H,6-7H2,(H,14,16). The molecule has 1 saturated heterocycles. The normalized spacial score (nSPS) is 15.5. The van der Waals surface area contributed by atoms with Crippen molar-refractivity contribution in [2.24, 2.45) is 0 Å². The number of benzene rings is 1. The van der Waals surface area contributed by atoms with E-state index in [9.17, 15) is 4.79 Å². The van der Waals surface area contributed by atoms with Crippen LogP contribution in [0.25, 0.3) is 10.8 Å². The van der Waals surface area contributed by atoms with E-state index in [1.54, 1.807) is 17.3 Å². The summed E-state index contributed by atoms with van der Waals surface area (Å²) < 4.78 is 0. The number of rotatable bonds is 1. The molecule has 1 N–H and O–H groups in total. The zero-order valence-electron chi connectivity index (χ0n) is 8.68. The fourth-order valence-electron chi connectivity index (χ4n) is 2.03. The zero-order chi connectivity index (χ0) is 11.0. The Morgan fingerprint density at radius 3 is 3.06 bits per heavy atom. The lowest BCUT2D eigenvalue weighted by Crippen LogP contribution is -2.27. The van der Waals surface area contributed by atoms with Crippen LogP contribution in [0.4, 0.5) is 10.5 Å². The van der Waals surface area contributed by atoms with Crippen LogP contribution in [0.15, 0.2) is 36.7 Å².